The van der Waals surface area contributed by atoms with Crippen molar-refractivity contribution < 1.29 is 27.8 Å². The molecule has 1 fully saturated rings. The fourth-order valence-corrected chi connectivity index (χ4v) is 6.01. The van der Waals surface area contributed by atoms with E-state index in [0.717, 1.165) is 18.4 Å². The molecule has 1 aromatic rings. The quantitative estimate of drug-likeness (QED) is 0.360. The van der Waals surface area contributed by atoms with Crippen LogP contribution in [0.25, 0.3) is 0 Å². The molecule has 200 valence electrons. The van der Waals surface area contributed by atoms with E-state index in [0.29, 0.717) is 23.3 Å². The SMILES string of the molecule is CCCCCCC(C)(C)c1cc(O)c2c(c1)OC(C)(C)[C@@H]1CC=C(C(=O)NC3(C(F)(F)F)CC3)C[C@@H]21. The van der Waals surface area contributed by atoms with Gasteiger partial charge >= 0.3 is 6.18 Å². The molecule has 0 radical (unpaired) electrons. The maximum atomic E-state index is 13.4. The van der Waals surface area contributed by atoms with Crippen LogP contribution in [0.4, 0.5) is 13.2 Å². The number of hydrogen-bond acceptors (Lipinski definition) is 3. The van der Waals surface area contributed by atoms with Crippen molar-refractivity contribution in [2.24, 2.45) is 5.92 Å². The highest BCUT2D eigenvalue weighted by atomic mass is 19.4. The molecule has 2 aliphatic carbocycles. The number of halogens is 3. The van der Waals surface area contributed by atoms with Gasteiger partial charge < -0.3 is 15.2 Å². The molecule has 4 nitrogen and oxygen atoms in total. The lowest BCUT2D eigenvalue weighted by Crippen LogP contribution is -2.50. The Morgan fingerprint density at radius 2 is 1.86 bits per heavy atom. The number of aromatic hydroxyl groups is 1. The number of amides is 1. The van der Waals surface area contributed by atoms with Crippen molar-refractivity contribution in [1.82, 2.24) is 5.32 Å². The second kappa shape index (κ2) is 9.29. The summed E-state index contributed by atoms with van der Waals surface area (Å²) in [6, 6.07) is 3.84. The van der Waals surface area contributed by atoms with Crippen molar-refractivity contribution >= 4 is 5.91 Å². The molecule has 2 atom stereocenters. The number of benzene rings is 1. The van der Waals surface area contributed by atoms with Crippen molar-refractivity contribution in [3.05, 3.63) is 34.9 Å². The molecule has 1 aromatic carbocycles. The molecule has 1 saturated carbocycles. The van der Waals surface area contributed by atoms with E-state index < -0.39 is 23.2 Å². The van der Waals surface area contributed by atoms with Crippen molar-refractivity contribution in [1.29, 1.82) is 0 Å². The van der Waals surface area contributed by atoms with Gasteiger partial charge in [-0.05, 0) is 69.1 Å². The Bertz CT molecular complexity index is 1040. The molecular formula is C29H40F3NO3. The zero-order valence-electron chi connectivity index (χ0n) is 22.1. The van der Waals surface area contributed by atoms with Crippen LogP contribution in [0.15, 0.2) is 23.8 Å². The summed E-state index contributed by atoms with van der Waals surface area (Å²) >= 11 is 0. The van der Waals surface area contributed by atoms with Gasteiger partial charge in [0.15, 0.2) is 0 Å². The van der Waals surface area contributed by atoms with E-state index in [-0.39, 0.29) is 42.3 Å². The third-order valence-corrected chi connectivity index (χ3v) is 8.67. The van der Waals surface area contributed by atoms with E-state index in [9.17, 15) is 23.1 Å². The van der Waals surface area contributed by atoms with E-state index in [1.165, 1.54) is 19.3 Å². The maximum absolute atomic E-state index is 13.4. The van der Waals surface area contributed by atoms with E-state index in [1.54, 1.807) is 6.08 Å². The van der Waals surface area contributed by atoms with Crippen LogP contribution in [-0.2, 0) is 10.2 Å². The summed E-state index contributed by atoms with van der Waals surface area (Å²) in [4.78, 5) is 12.9. The Morgan fingerprint density at radius 1 is 1.17 bits per heavy atom. The number of carbonyl (C=O) groups is 1. The first-order chi connectivity index (χ1) is 16.7. The third kappa shape index (κ3) is 4.99. The van der Waals surface area contributed by atoms with Gasteiger partial charge in [0, 0.05) is 23.0 Å². The van der Waals surface area contributed by atoms with Crippen LogP contribution in [0.5, 0.6) is 11.5 Å². The lowest BCUT2D eigenvalue weighted by atomic mass is 9.66. The van der Waals surface area contributed by atoms with Crippen molar-refractivity contribution in [3.8, 4) is 11.5 Å². The molecule has 0 unspecified atom stereocenters. The monoisotopic (exact) mass is 507 g/mol. The number of unbranched alkanes of at least 4 members (excludes halogenated alkanes) is 3. The van der Waals surface area contributed by atoms with Gasteiger partial charge in [0.05, 0.1) is 0 Å². The first-order valence-corrected chi connectivity index (χ1v) is 13.4. The van der Waals surface area contributed by atoms with Crippen molar-refractivity contribution in [3.63, 3.8) is 0 Å². The van der Waals surface area contributed by atoms with Gasteiger partial charge in [0.2, 0.25) is 5.91 Å². The smallest absolute Gasteiger partial charge is 0.411 e. The van der Waals surface area contributed by atoms with Gasteiger partial charge in [-0.2, -0.15) is 13.2 Å². The zero-order chi connectivity index (χ0) is 26.5. The van der Waals surface area contributed by atoms with E-state index in [4.69, 9.17) is 4.74 Å². The second-order valence-corrected chi connectivity index (χ2v) is 12.2. The standard InChI is InChI=1S/C29H40F3NO3/c1-6-7-8-9-12-26(2,3)19-16-22(34)24-20-15-18(25(35)33-28(13-14-28)29(30,31)32)10-11-21(20)27(4,5)36-23(24)17-19/h10,16-17,20-21,34H,6-9,11-15H2,1-5H3,(H,33,35)/t20-,21-/m1/s1. The molecule has 36 heavy (non-hydrogen) atoms. The number of phenolic OH excluding ortho intramolecular Hbond substituents is 1. The van der Waals surface area contributed by atoms with Crippen LogP contribution in [-0.4, -0.2) is 28.3 Å². The Kier molecular flexibility index (Phi) is 6.93. The number of hydrogen-bond donors (Lipinski definition) is 2. The Labute approximate surface area is 212 Å². The highest BCUT2D eigenvalue weighted by Crippen LogP contribution is 2.55. The second-order valence-electron chi connectivity index (χ2n) is 12.2. The van der Waals surface area contributed by atoms with Gasteiger partial charge in [0.1, 0.15) is 22.6 Å². The fraction of sp³-hybridized carbons (Fsp3) is 0.690. The molecule has 1 amide bonds. The van der Waals surface area contributed by atoms with Crippen LogP contribution in [0, 0.1) is 5.92 Å². The summed E-state index contributed by atoms with van der Waals surface area (Å²) in [6.07, 6.45) is 3.59. The largest absolute Gasteiger partial charge is 0.508 e. The zero-order valence-corrected chi connectivity index (χ0v) is 22.1. The van der Waals surface area contributed by atoms with E-state index in [1.807, 2.05) is 26.0 Å². The number of phenols is 1. The number of carbonyl (C=O) groups excluding carboxylic acids is 1. The first kappa shape index (κ1) is 26.9. The summed E-state index contributed by atoms with van der Waals surface area (Å²) in [5.74, 6) is -0.104. The number of fused-ring (bicyclic) bond motifs is 3. The van der Waals surface area contributed by atoms with E-state index >= 15 is 0 Å². The number of nitrogens with one attached hydrogen (secondary N) is 1. The maximum Gasteiger partial charge on any atom is 0.411 e. The van der Waals surface area contributed by atoms with Crippen molar-refractivity contribution in [2.45, 2.75) is 121 Å². The summed E-state index contributed by atoms with van der Waals surface area (Å²) in [6.45, 7) is 10.6. The highest BCUT2D eigenvalue weighted by Gasteiger charge is 2.64. The molecule has 1 aliphatic heterocycles. The van der Waals surface area contributed by atoms with Crippen LogP contribution in [0.2, 0.25) is 0 Å². The van der Waals surface area contributed by atoms with Gasteiger partial charge in [-0.1, -0.05) is 52.5 Å². The lowest BCUT2D eigenvalue weighted by molar-refractivity contribution is -0.169. The number of rotatable bonds is 8. The highest BCUT2D eigenvalue weighted by molar-refractivity contribution is 5.94. The first-order valence-electron chi connectivity index (χ1n) is 13.4. The molecular weight excluding hydrogens is 467 g/mol. The van der Waals surface area contributed by atoms with Gasteiger partial charge in [0.25, 0.3) is 0 Å². The van der Waals surface area contributed by atoms with Crippen LogP contribution in [0.3, 0.4) is 0 Å². The Morgan fingerprint density at radius 3 is 2.47 bits per heavy atom. The summed E-state index contributed by atoms with van der Waals surface area (Å²) in [7, 11) is 0. The predicted molar refractivity (Wildman–Crippen MR) is 134 cm³/mol. The predicted octanol–water partition coefficient (Wildman–Crippen LogP) is 7.44. The van der Waals surface area contributed by atoms with Gasteiger partial charge in [-0.15, -0.1) is 0 Å². The van der Waals surface area contributed by atoms with Gasteiger partial charge in [-0.25, -0.2) is 0 Å². The Balaban J connectivity index is 1.59. The number of alkyl halides is 3. The molecule has 0 bridgehead atoms. The van der Waals surface area contributed by atoms with Crippen LogP contribution < -0.4 is 10.1 Å². The van der Waals surface area contributed by atoms with Gasteiger partial charge in [-0.3, -0.25) is 4.79 Å². The molecule has 7 heteroatoms. The normalized spacial score (nSPS) is 24.2. The minimum atomic E-state index is -4.45. The average molecular weight is 508 g/mol. The lowest BCUT2D eigenvalue weighted by Gasteiger charge is -2.47. The summed E-state index contributed by atoms with van der Waals surface area (Å²) < 4.78 is 46.7. The Hall–Kier alpha value is -2.18. The summed E-state index contributed by atoms with van der Waals surface area (Å²) in [5, 5.41) is 13.5. The topological polar surface area (TPSA) is 58.6 Å². The minimum absolute atomic E-state index is 0.00199. The van der Waals surface area contributed by atoms with E-state index in [2.05, 4.69) is 26.1 Å². The number of allylic oxidation sites excluding steroid dienone is 1. The molecule has 0 saturated heterocycles. The molecule has 1 heterocycles. The van der Waals surface area contributed by atoms with Crippen LogP contribution in [0.1, 0.15) is 109 Å². The average Bonchev–Trinajstić information content (AvgIpc) is 3.56. The molecule has 2 N–H and O–H groups in total. The molecule has 0 spiro atoms. The molecule has 4 rings (SSSR count). The molecule has 0 aromatic heterocycles. The van der Waals surface area contributed by atoms with Crippen molar-refractivity contribution in [2.75, 3.05) is 0 Å². The minimum Gasteiger partial charge on any atom is -0.508 e. The fourth-order valence-electron chi connectivity index (χ4n) is 6.01. The third-order valence-electron chi connectivity index (χ3n) is 8.67. The van der Waals surface area contributed by atoms with Crippen LogP contribution >= 0.6 is 0 Å². The molecule has 3 aliphatic rings. The summed E-state index contributed by atoms with van der Waals surface area (Å²) in [5.41, 5.74) is -0.742. The number of ether oxygens (including phenoxy) is 1.